The molecule has 0 amide bonds. The molecule has 0 fully saturated rings. The van der Waals surface area contributed by atoms with Gasteiger partial charge in [-0.05, 0) is 29.7 Å². The van der Waals surface area contributed by atoms with Gasteiger partial charge in [0.2, 0.25) is 0 Å². The van der Waals surface area contributed by atoms with Crippen LogP contribution in [0.15, 0.2) is 60.8 Å². The van der Waals surface area contributed by atoms with Gasteiger partial charge in [0.25, 0.3) is 0 Å². The van der Waals surface area contributed by atoms with Gasteiger partial charge in [-0.25, -0.2) is 0 Å². The number of pyridine rings is 1. The zero-order valence-corrected chi connectivity index (χ0v) is 9.85. The van der Waals surface area contributed by atoms with Gasteiger partial charge >= 0.3 is 0 Å². The van der Waals surface area contributed by atoms with Crippen molar-refractivity contribution in [3.8, 4) is 11.3 Å². The van der Waals surface area contributed by atoms with Crippen molar-refractivity contribution in [2.24, 2.45) is 0 Å². The Morgan fingerprint density at radius 1 is 0.882 bits per heavy atom. The molecule has 0 spiro atoms. The van der Waals surface area contributed by atoms with Gasteiger partial charge in [-0.15, -0.1) is 0 Å². The van der Waals surface area contributed by atoms with E-state index in [-0.39, 0.29) is 0 Å². The van der Waals surface area contributed by atoms with Gasteiger partial charge in [-0.2, -0.15) is 0 Å². The maximum Gasteiger partial charge on any atom is 0.0702 e. The van der Waals surface area contributed by atoms with E-state index < -0.39 is 0 Å². The fraction of sp³-hybridized carbons (Fsp3) is 0. The summed E-state index contributed by atoms with van der Waals surface area (Å²) in [6.45, 7) is 0. The first-order chi connectivity index (χ1) is 8.34. The molecule has 0 unspecified atom stereocenters. The molecule has 3 rings (SSSR count). The van der Waals surface area contributed by atoms with E-state index in [9.17, 15) is 0 Å². The number of rotatable bonds is 1. The summed E-state index contributed by atoms with van der Waals surface area (Å²) >= 11 is 6.28. The van der Waals surface area contributed by atoms with Crippen molar-refractivity contribution in [2.75, 3.05) is 0 Å². The van der Waals surface area contributed by atoms with Crippen molar-refractivity contribution < 1.29 is 0 Å². The standard InChI is InChI=1S/C15H10ClN/c16-14-10-12(15-7-3-4-8-17-15)9-11-5-1-2-6-13(11)14/h1-10H. The van der Waals surface area contributed by atoms with Gasteiger partial charge in [0, 0.05) is 22.2 Å². The van der Waals surface area contributed by atoms with E-state index in [4.69, 9.17) is 11.6 Å². The molecule has 0 radical (unpaired) electrons. The van der Waals surface area contributed by atoms with E-state index in [0.29, 0.717) is 0 Å². The molecular formula is C15H10ClN. The monoisotopic (exact) mass is 239 g/mol. The molecule has 0 N–H and O–H groups in total. The largest absolute Gasteiger partial charge is 0.256 e. The average Bonchev–Trinajstić information content (AvgIpc) is 2.40. The van der Waals surface area contributed by atoms with Gasteiger partial charge in [0.1, 0.15) is 0 Å². The zero-order valence-electron chi connectivity index (χ0n) is 9.10. The summed E-state index contributed by atoms with van der Waals surface area (Å²) in [4.78, 5) is 4.34. The SMILES string of the molecule is Clc1cc(-c2ccccn2)cc2ccccc12. The van der Waals surface area contributed by atoms with Crippen LogP contribution in [0.1, 0.15) is 0 Å². The minimum Gasteiger partial charge on any atom is -0.256 e. The Bertz CT molecular complexity index is 662. The van der Waals surface area contributed by atoms with Crippen LogP contribution in [-0.4, -0.2) is 4.98 Å². The molecule has 1 nitrogen and oxygen atoms in total. The lowest BCUT2D eigenvalue weighted by Gasteiger charge is -2.05. The number of benzene rings is 2. The van der Waals surface area contributed by atoms with Crippen LogP contribution < -0.4 is 0 Å². The summed E-state index contributed by atoms with van der Waals surface area (Å²) < 4.78 is 0. The number of aromatic nitrogens is 1. The second-order valence-corrected chi connectivity index (χ2v) is 4.30. The molecule has 0 bridgehead atoms. The molecule has 17 heavy (non-hydrogen) atoms. The summed E-state index contributed by atoms with van der Waals surface area (Å²) in [6.07, 6.45) is 1.79. The summed E-state index contributed by atoms with van der Waals surface area (Å²) in [5, 5.41) is 2.98. The first-order valence-corrected chi connectivity index (χ1v) is 5.82. The van der Waals surface area contributed by atoms with E-state index in [1.54, 1.807) is 6.20 Å². The maximum atomic E-state index is 6.28. The van der Waals surface area contributed by atoms with Crippen LogP contribution in [0.4, 0.5) is 0 Å². The predicted molar refractivity (Wildman–Crippen MR) is 72.2 cm³/mol. The zero-order chi connectivity index (χ0) is 11.7. The van der Waals surface area contributed by atoms with Gasteiger partial charge in [0.15, 0.2) is 0 Å². The molecule has 0 saturated heterocycles. The van der Waals surface area contributed by atoms with Crippen molar-refractivity contribution >= 4 is 22.4 Å². The van der Waals surface area contributed by atoms with Gasteiger partial charge in [-0.3, -0.25) is 4.98 Å². The highest BCUT2D eigenvalue weighted by Gasteiger charge is 2.04. The molecule has 1 aromatic heterocycles. The van der Waals surface area contributed by atoms with Crippen molar-refractivity contribution in [1.82, 2.24) is 4.98 Å². The fourth-order valence-corrected chi connectivity index (χ4v) is 2.23. The van der Waals surface area contributed by atoms with E-state index in [0.717, 1.165) is 27.1 Å². The summed E-state index contributed by atoms with van der Waals surface area (Å²) in [7, 11) is 0. The molecule has 82 valence electrons. The molecular weight excluding hydrogens is 230 g/mol. The Kier molecular flexibility index (Phi) is 2.54. The Hall–Kier alpha value is -1.86. The second-order valence-electron chi connectivity index (χ2n) is 3.89. The molecule has 2 heteroatoms. The van der Waals surface area contributed by atoms with E-state index in [1.165, 1.54) is 0 Å². The summed E-state index contributed by atoms with van der Waals surface area (Å²) in [6, 6.07) is 18.1. The summed E-state index contributed by atoms with van der Waals surface area (Å²) in [5.41, 5.74) is 1.99. The number of fused-ring (bicyclic) bond motifs is 1. The van der Waals surface area contributed by atoms with Crippen molar-refractivity contribution in [1.29, 1.82) is 0 Å². The van der Waals surface area contributed by atoms with E-state index >= 15 is 0 Å². The topological polar surface area (TPSA) is 12.9 Å². The van der Waals surface area contributed by atoms with Crippen molar-refractivity contribution in [3.05, 3.63) is 65.8 Å². The molecule has 3 aromatic rings. The third-order valence-electron chi connectivity index (χ3n) is 2.77. The highest BCUT2D eigenvalue weighted by atomic mass is 35.5. The van der Waals surface area contributed by atoms with Crippen molar-refractivity contribution in [2.45, 2.75) is 0 Å². The first-order valence-electron chi connectivity index (χ1n) is 5.44. The minimum absolute atomic E-state index is 0.767. The number of hydrogen-bond acceptors (Lipinski definition) is 1. The van der Waals surface area contributed by atoms with E-state index in [1.807, 2.05) is 42.5 Å². The molecule has 0 atom stereocenters. The fourth-order valence-electron chi connectivity index (χ4n) is 1.95. The van der Waals surface area contributed by atoms with Crippen LogP contribution in [0, 0.1) is 0 Å². The predicted octanol–water partition coefficient (Wildman–Crippen LogP) is 4.56. The number of halogens is 1. The number of nitrogens with zero attached hydrogens (tertiary/aromatic N) is 1. The van der Waals surface area contributed by atoms with Crippen LogP contribution >= 0.6 is 11.6 Å². The van der Waals surface area contributed by atoms with Crippen LogP contribution in [0.3, 0.4) is 0 Å². The Morgan fingerprint density at radius 3 is 2.53 bits per heavy atom. The Morgan fingerprint density at radius 2 is 1.71 bits per heavy atom. The smallest absolute Gasteiger partial charge is 0.0702 e. The average molecular weight is 240 g/mol. The maximum absolute atomic E-state index is 6.28. The highest BCUT2D eigenvalue weighted by Crippen LogP contribution is 2.29. The second kappa shape index (κ2) is 4.19. The third-order valence-corrected chi connectivity index (χ3v) is 3.08. The lowest BCUT2D eigenvalue weighted by molar-refractivity contribution is 1.33. The van der Waals surface area contributed by atoms with Gasteiger partial charge in [-0.1, -0.05) is 41.9 Å². The van der Waals surface area contributed by atoms with Gasteiger partial charge < -0.3 is 0 Å². The van der Waals surface area contributed by atoms with Crippen LogP contribution in [0.2, 0.25) is 5.02 Å². The molecule has 0 aliphatic rings. The molecule has 2 aromatic carbocycles. The molecule has 0 saturated carbocycles. The lowest BCUT2D eigenvalue weighted by Crippen LogP contribution is -1.83. The summed E-state index contributed by atoms with van der Waals surface area (Å²) in [5.74, 6) is 0. The quantitative estimate of drug-likeness (QED) is 0.607. The number of hydrogen-bond donors (Lipinski definition) is 0. The molecule has 0 aliphatic heterocycles. The third kappa shape index (κ3) is 1.90. The highest BCUT2D eigenvalue weighted by molar-refractivity contribution is 6.35. The Balaban J connectivity index is 2.26. The van der Waals surface area contributed by atoms with Crippen molar-refractivity contribution in [3.63, 3.8) is 0 Å². The minimum atomic E-state index is 0.767. The molecule has 0 aliphatic carbocycles. The van der Waals surface area contributed by atoms with Crippen LogP contribution in [-0.2, 0) is 0 Å². The Labute approximate surface area is 105 Å². The molecule has 1 heterocycles. The van der Waals surface area contributed by atoms with E-state index in [2.05, 4.69) is 17.1 Å². The van der Waals surface area contributed by atoms with Crippen LogP contribution in [0.25, 0.3) is 22.0 Å². The van der Waals surface area contributed by atoms with Gasteiger partial charge in [0.05, 0.1) is 5.69 Å². The van der Waals surface area contributed by atoms with Crippen LogP contribution in [0.5, 0.6) is 0 Å². The normalized spacial score (nSPS) is 10.6. The lowest BCUT2D eigenvalue weighted by atomic mass is 10.0. The first kappa shape index (κ1) is 10.3.